The standard InChI is InChI=1S/C32H39FN6O3/c1-41-32(42-2)19-11-20-15-37(16-21(20)12-19)28-13-22(9-10-26(28)33)39-23-7-8-24(39)18-38(17-23)29-14-27(35-36-31(29)34)25-5-3-4-6-30(25)40/h3-6,9-10,13-14,19-21,23-24,32,40H,7-8,11-12,15-18H2,1-2H3,(H2,34,36)/t19?,20-,21+,23?,24?. The highest BCUT2D eigenvalue weighted by Crippen LogP contribution is 2.46. The fourth-order valence-electron chi connectivity index (χ4n) is 8.14. The summed E-state index contributed by atoms with van der Waals surface area (Å²) in [6.07, 6.45) is 4.08. The maximum Gasteiger partial charge on any atom is 0.169 e. The lowest BCUT2D eigenvalue weighted by Crippen LogP contribution is -2.54. The summed E-state index contributed by atoms with van der Waals surface area (Å²) < 4.78 is 26.3. The van der Waals surface area contributed by atoms with Gasteiger partial charge in [0.1, 0.15) is 11.6 Å². The van der Waals surface area contributed by atoms with E-state index in [0.29, 0.717) is 40.5 Å². The van der Waals surface area contributed by atoms with E-state index in [1.54, 1.807) is 32.4 Å². The molecule has 0 amide bonds. The van der Waals surface area contributed by atoms with Crippen LogP contribution in [0.2, 0.25) is 0 Å². The Kier molecular flexibility index (Phi) is 7.06. The summed E-state index contributed by atoms with van der Waals surface area (Å²) in [6, 6.07) is 15.3. The molecule has 1 aliphatic carbocycles. The van der Waals surface area contributed by atoms with Crippen molar-refractivity contribution in [3.63, 3.8) is 0 Å². The summed E-state index contributed by atoms with van der Waals surface area (Å²) in [5.41, 5.74) is 10.2. The molecule has 2 bridgehead atoms. The van der Waals surface area contributed by atoms with E-state index in [1.165, 1.54) is 0 Å². The minimum absolute atomic E-state index is 0.153. The number of rotatable bonds is 7. The second-order valence-electron chi connectivity index (χ2n) is 12.3. The second-order valence-corrected chi connectivity index (χ2v) is 12.3. The predicted octanol–water partition coefficient (Wildman–Crippen LogP) is 4.51. The minimum Gasteiger partial charge on any atom is -0.507 e. The zero-order valence-electron chi connectivity index (χ0n) is 24.2. The zero-order valence-corrected chi connectivity index (χ0v) is 24.2. The quantitative estimate of drug-likeness (QED) is 0.395. The van der Waals surface area contributed by atoms with Crippen molar-refractivity contribution in [2.24, 2.45) is 17.8 Å². The third kappa shape index (κ3) is 4.70. The Bertz CT molecular complexity index is 1430. The number of para-hydroxylation sites is 1. The van der Waals surface area contributed by atoms with Gasteiger partial charge in [-0.05, 0) is 73.9 Å². The van der Waals surface area contributed by atoms with Crippen LogP contribution in [0.5, 0.6) is 5.75 Å². The molecular formula is C32H39FN6O3. The Morgan fingerprint density at radius 1 is 0.881 bits per heavy atom. The lowest BCUT2D eigenvalue weighted by atomic mass is 10.0. The van der Waals surface area contributed by atoms with E-state index in [2.05, 4.69) is 31.0 Å². The Morgan fingerprint density at radius 3 is 2.21 bits per heavy atom. The third-order valence-electron chi connectivity index (χ3n) is 10.0. The number of benzene rings is 2. The first-order valence-electron chi connectivity index (χ1n) is 15.0. The number of aromatic hydroxyl groups is 1. The number of anilines is 4. The molecule has 3 saturated heterocycles. The van der Waals surface area contributed by atoms with Gasteiger partial charge in [0.15, 0.2) is 12.1 Å². The van der Waals surface area contributed by atoms with Gasteiger partial charge in [-0.3, -0.25) is 0 Å². The van der Waals surface area contributed by atoms with Crippen molar-refractivity contribution in [1.82, 2.24) is 10.2 Å². The minimum atomic E-state index is -0.159. The number of piperazine rings is 1. The van der Waals surface area contributed by atoms with Crippen molar-refractivity contribution >= 4 is 22.9 Å². The van der Waals surface area contributed by atoms with Crippen LogP contribution in [-0.4, -0.2) is 74.1 Å². The van der Waals surface area contributed by atoms with Gasteiger partial charge < -0.3 is 35.0 Å². The number of nitrogen functional groups attached to an aromatic ring is 1. The van der Waals surface area contributed by atoms with Crippen LogP contribution < -0.4 is 20.4 Å². The molecule has 222 valence electrons. The number of hydrogen-bond donors (Lipinski definition) is 2. The lowest BCUT2D eigenvalue weighted by molar-refractivity contribution is -0.136. The Labute approximate surface area is 246 Å². The highest BCUT2D eigenvalue weighted by molar-refractivity contribution is 5.74. The Morgan fingerprint density at radius 2 is 1.55 bits per heavy atom. The van der Waals surface area contributed by atoms with Crippen LogP contribution in [-0.2, 0) is 9.47 Å². The first-order chi connectivity index (χ1) is 20.4. The number of nitrogens with two attached hydrogens (primary N) is 1. The van der Waals surface area contributed by atoms with Crippen LogP contribution in [0, 0.1) is 23.6 Å². The SMILES string of the molecule is COC(OC)C1C[C@@H]2CN(c3cc(N4C5CCC4CN(c4cc(-c6ccccc6O)nnc4N)C5)ccc3F)C[C@@H]2C1. The number of methoxy groups -OCH3 is 2. The number of nitrogens with zero attached hydrogens (tertiary/aromatic N) is 5. The monoisotopic (exact) mass is 574 g/mol. The van der Waals surface area contributed by atoms with Crippen molar-refractivity contribution in [1.29, 1.82) is 0 Å². The second kappa shape index (κ2) is 10.9. The predicted molar refractivity (Wildman–Crippen MR) is 161 cm³/mol. The number of aromatic nitrogens is 2. The summed E-state index contributed by atoms with van der Waals surface area (Å²) >= 11 is 0. The number of fused-ring (bicyclic) bond motifs is 3. The average molecular weight is 575 g/mol. The van der Waals surface area contributed by atoms with Crippen LogP contribution >= 0.6 is 0 Å². The van der Waals surface area contributed by atoms with E-state index in [0.717, 1.165) is 63.2 Å². The molecule has 10 heteroatoms. The number of hydrogen-bond acceptors (Lipinski definition) is 9. The fraction of sp³-hybridized carbons (Fsp3) is 0.500. The summed E-state index contributed by atoms with van der Waals surface area (Å²) in [5, 5.41) is 18.8. The molecule has 1 saturated carbocycles. The van der Waals surface area contributed by atoms with Gasteiger partial charge in [0.25, 0.3) is 0 Å². The molecule has 0 radical (unpaired) electrons. The molecule has 2 aromatic carbocycles. The van der Waals surface area contributed by atoms with E-state index in [1.807, 2.05) is 24.3 Å². The normalized spacial score (nSPS) is 26.9. The number of halogens is 1. The van der Waals surface area contributed by atoms with Crippen molar-refractivity contribution in [3.05, 3.63) is 54.3 Å². The van der Waals surface area contributed by atoms with Gasteiger partial charge in [-0.25, -0.2) is 4.39 Å². The lowest BCUT2D eigenvalue weighted by Gasteiger charge is -2.44. The molecule has 4 heterocycles. The smallest absolute Gasteiger partial charge is 0.169 e. The molecule has 42 heavy (non-hydrogen) atoms. The molecule has 3 aliphatic heterocycles. The molecule has 3 aromatic rings. The summed E-state index contributed by atoms with van der Waals surface area (Å²) in [4.78, 5) is 7.03. The largest absolute Gasteiger partial charge is 0.507 e. The van der Waals surface area contributed by atoms with Crippen LogP contribution in [0.4, 0.5) is 27.3 Å². The van der Waals surface area contributed by atoms with Crippen molar-refractivity contribution in [3.8, 4) is 17.0 Å². The molecular weight excluding hydrogens is 535 g/mol. The maximum absolute atomic E-state index is 15.3. The molecule has 0 spiro atoms. The molecule has 3 unspecified atom stereocenters. The van der Waals surface area contributed by atoms with Crippen LogP contribution in [0.25, 0.3) is 11.3 Å². The Hall–Kier alpha value is -3.63. The van der Waals surface area contributed by atoms with Crippen LogP contribution in [0.15, 0.2) is 48.5 Å². The molecule has 4 aliphatic rings. The molecule has 9 nitrogen and oxygen atoms in total. The van der Waals surface area contributed by atoms with E-state index in [4.69, 9.17) is 15.2 Å². The molecule has 5 atom stereocenters. The highest BCUT2D eigenvalue weighted by atomic mass is 19.1. The molecule has 7 rings (SSSR count). The van der Waals surface area contributed by atoms with Crippen LogP contribution in [0.1, 0.15) is 25.7 Å². The van der Waals surface area contributed by atoms with E-state index >= 15 is 4.39 Å². The van der Waals surface area contributed by atoms with E-state index in [-0.39, 0.29) is 29.9 Å². The summed E-state index contributed by atoms with van der Waals surface area (Å²) in [5.74, 6) is 1.87. The molecule has 4 fully saturated rings. The number of ether oxygens (including phenoxy) is 2. The van der Waals surface area contributed by atoms with Gasteiger partial charge >= 0.3 is 0 Å². The van der Waals surface area contributed by atoms with Gasteiger partial charge in [0, 0.05) is 69.7 Å². The van der Waals surface area contributed by atoms with Crippen molar-refractivity contribution in [2.45, 2.75) is 44.1 Å². The first-order valence-corrected chi connectivity index (χ1v) is 15.0. The van der Waals surface area contributed by atoms with E-state index in [9.17, 15) is 5.11 Å². The molecule has 3 N–H and O–H groups in total. The van der Waals surface area contributed by atoms with Crippen LogP contribution in [0.3, 0.4) is 0 Å². The highest BCUT2D eigenvalue weighted by Gasteiger charge is 2.45. The van der Waals surface area contributed by atoms with Gasteiger partial charge in [0.05, 0.1) is 17.1 Å². The van der Waals surface area contributed by atoms with Gasteiger partial charge in [-0.1, -0.05) is 12.1 Å². The van der Waals surface area contributed by atoms with E-state index < -0.39 is 0 Å². The topological polar surface area (TPSA) is 100 Å². The summed E-state index contributed by atoms with van der Waals surface area (Å²) in [6.45, 7) is 3.31. The number of phenols is 1. The Balaban J connectivity index is 1.08. The zero-order chi connectivity index (χ0) is 29.0. The summed E-state index contributed by atoms with van der Waals surface area (Å²) in [7, 11) is 3.41. The van der Waals surface area contributed by atoms with Crippen molar-refractivity contribution in [2.75, 3.05) is 60.8 Å². The van der Waals surface area contributed by atoms with Gasteiger partial charge in [-0.2, -0.15) is 0 Å². The maximum atomic E-state index is 15.3. The van der Waals surface area contributed by atoms with Gasteiger partial charge in [-0.15, -0.1) is 10.2 Å². The third-order valence-corrected chi connectivity index (χ3v) is 10.0. The first kappa shape index (κ1) is 27.2. The number of phenolic OH excluding ortho intramolecular Hbond substituents is 1. The van der Waals surface area contributed by atoms with Gasteiger partial charge in [0.2, 0.25) is 0 Å². The van der Waals surface area contributed by atoms with Crippen molar-refractivity contribution < 1.29 is 19.0 Å². The average Bonchev–Trinajstić information content (AvgIpc) is 3.64. The molecule has 1 aromatic heterocycles. The fourth-order valence-corrected chi connectivity index (χ4v) is 8.14.